The minimum absolute atomic E-state index is 0.658. The van der Waals surface area contributed by atoms with Crippen molar-refractivity contribution in [3.05, 3.63) is 235 Å². The fourth-order valence-electron chi connectivity index (χ4n) is 9.67. The van der Waals surface area contributed by atoms with Crippen LogP contribution in [0.25, 0.3) is 78.2 Å². The zero-order chi connectivity index (χ0) is 39.6. The number of hydrogen-bond acceptors (Lipinski definition) is 4. The van der Waals surface area contributed by atoms with Gasteiger partial charge in [0.2, 0.25) is 0 Å². The summed E-state index contributed by atoms with van der Waals surface area (Å²) in [6.45, 7) is 0. The van der Waals surface area contributed by atoms with Crippen molar-refractivity contribution in [3.63, 3.8) is 0 Å². The highest BCUT2D eigenvalue weighted by molar-refractivity contribution is 6.03. The van der Waals surface area contributed by atoms with E-state index in [2.05, 4.69) is 176 Å². The van der Waals surface area contributed by atoms with Gasteiger partial charge in [0.05, 0.1) is 22.3 Å². The van der Waals surface area contributed by atoms with Crippen LogP contribution in [0.15, 0.2) is 212 Å². The van der Waals surface area contributed by atoms with Gasteiger partial charge in [-0.15, -0.1) is 0 Å². The molecule has 0 fully saturated rings. The topological polar surface area (TPSA) is 47.9 Å². The van der Waals surface area contributed by atoms with Crippen LogP contribution in [0.5, 0.6) is 11.5 Å². The van der Waals surface area contributed by atoms with Crippen molar-refractivity contribution >= 4 is 10.9 Å². The van der Waals surface area contributed by atoms with Crippen molar-refractivity contribution in [3.8, 4) is 78.8 Å². The van der Waals surface area contributed by atoms with Gasteiger partial charge in [-0.05, 0) is 63.2 Å². The summed E-state index contributed by atoms with van der Waals surface area (Å²) in [5, 5.41) is 1.13. The number of nitrogens with zero attached hydrogens (tertiary/aromatic N) is 3. The lowest BCUT2D eigenvalue weighted by atomic mass is 9.66. The smallest absolute Gasteiger partial charge is 0.160 e. The molecule has 0 amide bonds. The molecule has 280 valence electrons. The minimum atomic E-state index is -0.658. The fourth-order valence-corrected chi connectivity index (χ4v) is 9.67. The van der Waals surface area contributed by atoms with E-state index in [1.165, 1.54) is 16.7 Å². The van der Waals surface area contributed by atoms with Crippen LogP contribution in [0.3, 0.4) is 0 Å². The molecular formula is C56H35N3O. The first-order chi connectivity index (χ1) is 29.8. The van der Waals surface area contributed by atoms with Crippen molar-refractivity contribution in [2.24, 2.45) is 0 Å². The molecule has 0 N–H and O–H groups in total. The molecule has 1 spiro atoms. The molecule has 2 aliphatic rings. The first-order valence-corrected chi connectivity index (χ1v) is 20.3. The third-order valence-electron chi connectivity index (χ3n) is 12.2. The molecule has 4 nitrogen and oxygen atoms in total. The highest BCUT2D eigenvalue weighted by Crippen LogP contribution is 2.64. The molecule has 1 aliphatic carbocycles. The molecule has 0 unspecified atom stereocenters. The second-order valence-electron chi connectivity index (χ2n) is 15.5. The summed E-state index contributed by atoms with van der Waals surface area (Å²) in [7, 11) is 0. The lowest BCUT2D eigenvalue weighted by molar-refractivity contribution is 0.436. The summed E-state index contributed by atoms with van der Waals surface area (Å²) in [4.78, 5) is 15.3. The number of para-hydroxylation sites is 3. The Morgan fingerprint density at radius 3 is 1.58 bits per heavy atom. The van der Waals surface area contributed by atoms with Gasteiger partial charge < -0.3 is 4.74 Å². The van der Waals surface area contributed by atoms with Crippen LogP contribution in [0, 0.1) is 0 Å². The summed E-state index contributed by atoms with van der Waals surface area (Å²) in [5.41, 5.74) is 16.7. The molecule has 0 bridgehead atoms. The largest absolute Gasteiger partial charge is 0.457 e. The maximum Gasteiger partial charge on any atom is 0.160 e. The number of pyridine rings is 1. The van der Waals surface area contributed by atoms with Gasteiger partial charge in [-0.3, -0.25) is 4.98 Å². The van der Waals surface area contributed by atoms with Crippen molar-refractivity contribution in [1.29, 1.82) is 0 Å². The van der Waals surface area contributed by atoms with Crippen molar-refractivity contribution in [2.45, 2.75) is 5.41 Å². The van der Waals surface area contributed by atoms with Gasteiger partial charge in [0.1, 0.15) is 11.5 Å². The molecule has 0 saturated carbocycles. The number of ether oxygens (including phenoxy) is 1. The second kappa shape index (κ2) is 13.6. The van der Waals surface area contributed by atoms with Gasteiger partial charge in [0, 0.05) is 45.0 Å². The average molecular weight is 766 g/mol. The van der Waals surface area contributed by atoms with Crippen LogP contribution < -0.4 is 4.74 Å². The highest BCUT2D eigenvalue weighted by atomic mass is 16.5. The summed E-state index contributed by atoms with van der Waals surface area (Å²) in [6.07, 6.45) is 1.87. The number of fused-ring (bicyclic) bond motifs is 10. The molecule has 12 rings (SSSR count). The van der Waals surface area contributed by atoms with E-state index in [0.717, 1.165) is 89.4 Å². The van der Waals surface area contributed by atoms with Crippen molar-refractivity contribution < 1.29 is 4.74 Å². The first kappa shape index (κ1) is 34.1. The van der Waals surface area contributed by atoms with Crippen LogP contribution in [0.1, 0.15) is 22.3 Å². The van der Waals surface area contributed by atoms with Gasteiger partial charge in [-0.1, -0.05) is 182 Å². The Morgan fingerprint density at radius 1 is 0.367 bits per heavy atom. The Bertz CT molecular complexity index is 3180. The molecule has 2 aromatic heterocycles. The van der Waals surface area contributed by atoms with Crippen LogP contribution in [-0.2, 0) is 5.41 Å². The quantitative estimate of drug-likeness (QED) is 0.175. The molecule has 3 heterocycles. The predicted molar refractivity (Wildman–Crippen MR) is 242 cm³/mol. The zero-order valence-electron chi connectivity index (χ0n) is 32.5. The van der Waals surface area contributed by atoms with E-state index >= 15 is 0 Å². The Kier molecular flexibility index (Phi) is 7.72. The number of rotatable bonds is 5. The van der Waals surface area contributed by atoms with Gasteiger partial charge in [0.15, 0.2) is 5.82 Å². The van der Waals surface area contributed by atoms with E-state index in [9.17, 15) is 0 Å². The lowest BCUT2D eigenvalue weighted by Gasteiger charge is -2.39. The third kappa shape index (κ3) is 5.14. The van der Waals surface area contributed by atoms with E-state index in [4.69, 9.17) is 19.7 Å². The normalized spacial score (nSPS) is 12.9. The molecule has 0 saturated heterocycles. The van der Waals surface area contributed by atoms with Crippen LogP contribution in [0.2, 0.25) is 0 Å². The van der Waals surface area contributed by atoms with Gasteiger partial charge in [-0.2, -0.15) is 0 Å². The summed E-state index contributed by atoms with van der Waals surface area (Å²) < 4.78 is 6.71. The summed E-state index contributed by atoms with van der Waals surface area (Å²) >= 11 is 0. The van der Waals surface area contributed by atoms with Crippen LogP contribution in [-0.4, -0.2) is 15.0 Å². The second-order valence-corrected chi connectivity index (χ2v) is 15.5. The van der Waals surface area contributed by atoms with E-state index in [0.29, 0.717) is 5.82 Å². The standard InChI is InChI=1S/C56H35N3O/c1-3-15-38(16-4-1)48-35-49(59-55(58-48)40-17-5-2-6-18-40)43-23-13-27-47-53(43)52-41(36-30-32-37(33-31-36)42-22-11-19-39-20-14-34-57-54(39)42)21-12-26-46(52)56(47)44-24-7-9-28-50(44)60-51-29-10-8-25-45(51)56/h1-35H. The van der Waals surface area contributed by atoms with E-state index in [-0.39, 0.29) is 0 Å². The predicted octanol–water partition coefficient (Wildman–Crippen LogP) is 13.8. The van der Waals surface area contributed by atoms with Gasteiger partial charge in [-0.25, -0.2) is 9.97 Å². The number of benzene rings is 8. The molecule has 10 aromatic rings. The Balaban J connectivity index is 1.15. The van der Waals surface area contributed by atoms with E-state index in [1.54, 1.807) is 0 Å². The molecular weight excluding hydrogens is 731 g/mol. The highest BCUT2D eigenvalue weighted by Gasteiger charge is 2.52. The monoisotopic (exact) mass is 765 g/mol. The SMILES string of the molecule is c1ccc(-c2cc(-c3cccc4c3-c3c(-c5ccc(-c6cccc7cccnc67)cc5)cccc3C43c4ccccc4Oc4ccccc43)nc(-c3ccccc3)n2)cc1. The van der Waals surface area contributed by atoms with Gasteiger partial charge in [0.25, 0.3) is 0 Å². The summed E-state index contributed by atoms with van der Waals surface area (Å²) in [6, 6.07) is 73.0. The molecule has 0 radical (unpaired) electrons. The Labute approximate surface area is 348 Å². The number of aromatic nitrogens is 3. The Hall–Kier alpha value is -7.95. The van der Waals surface area contributed by atoms with E-state index < -0.39 is 5.41 Å². The Morgan fingerprint density at radius 2 is 0.883 bits per heavy atom. The third-order valence-corrected chi connectivity index (χ3v) is 12.2. The van der Waals surface area contributed by atoms with Crippen LogP contribution >= 0.6 is 0 Å². The first-order valence-electron chi connectivity index (χ1n) is 20.3. The fraction of sp³-hybridized carbons (Fsp3) is 0.0179. The van der Waals surface area contributed by atoms with Gasteiger partial charge >= 0.3 is 0 Å². The van der Waals surface area contributed by atoms with Crippen molar-refractivity contribution in [2.75, 3.05) is 0 Å². The molecule has 4 heteroatoms. The molecule has 60 heavy (non-hydrogen) atoms. The molecule has 1 aliphatic heterocycles. The van der Waals surface area contributed by atoms with E-state index in [1.807, 2.05) is 36.5 Å². The maximum atomic E-state index is 6.71. The van der Waals surface area contributed by atoms with Crippen LogP contribution in [0.4, 0.5) is 0 Å². The number of hydrogen-bond donors (Lipinski definition) is 0. The molecule has 0 atom stereocenters. The average Bonchev–Trinajstić information content (AvgIpc) is 3.63. The summed E-state index contributed by atoms with van der Waals surface area (Å²) in [5.74, 6) is 2.41. The lowest BCUT2D eigenvalue weighted by Crippen LogP contribution is -2.32. The minimum Gasteiger partial charge on any atom is -0.457 e. The maximum absolute atomic E-state index is 6.71. The molecule has 8 aromatic carbocycles. The zero-order valence-corrected chi connectivity index (χ0v) is 32.5. The van der Waals surface area contributed by atoms with Crippen molar-refractivity contribution in [1.82, 2.24) is 15.0 Å².